The third kappa shape index (κ3) is 4.92. The van der Waals surface area contributed by atoms with E-state index < -0.39 is 17.2 Å². The van der Waals surface area contributed by atoms with Crippen molar-refractivity contribution in [1.82, 2.24) is 5.32 Å². The van der Waals surface area contributed by atoms with Crippen molar-refractivity contribution in [3.05, 3.63) is 35.4 Å². The second kappa shape index (κ2) is 7.88. The van der Waals surface area contributed by atoms with Gasteiger partial charge in [0.2, 0.25) is 5.91 Å². The van der Waals surface area contributed by atoms with Crippen molar-refractivity contribution >= 4 is 18.3 Å². The molecule has 2 rings (SSSR count). The summed E-state index contributed by atoms with van der Waals surface area (Å²) in [6.45, 7) is 2.27. The van der Waals surface area contributed by atoms with Crippen molar-refractivity contribution < 1.29 is 13.6 Å². The molecule has 0 spiro atoms. The fraction of sp³-hybridized carbons (Fsp3) is 0.562. The van der Waals surface area contributed by atoms with Crippen LogP contribution in [-0.2, 0) is 11.2 Å². The van der Waals surface area contributed by atoms with Crippen LogP contribution in [-0.4, -0.2) is 18.0 Å². The van der Waals surface area contributed by atoms with Gasteiger partial charge < -0.3 is 11.1 Å². The van der Waals surface area contributed by atoms with Gasteiger partial charge in [-0.3, -0.25) is 4.79 Å². The molecule has 0 bridgehead atoms. The Labute approximate surface area is 136 Å². The zero-order valence-corrected chi connectivity index (χ0v) is 13.5. The van der Waals surface area contributed by atoms with Crippen molar-refractivity contribution in [2.24, 2.45) is 11.7 Å². The number of hydrogen-bond donors (Lipinski definition) is 2. The minimum atomic E-state index is -0.599. The van der Waals surface area contributed by atoms with Gasteiger partial charge >= 0.3 is 0 Å². The Balaban J connectivity index is 0.00000242. The highest BCUT2D eigenvalue weighted by Gasteiger charge is 2.37. The van der Waals surface area contributed by atoms with E-state index in [-0.39, 0.29) is 24.2 Å². The van der Waals surface area contributed by atoms with Crippen LogP contribution in [0.1, 0.15) is 38.2 Å². The molecule has 0 saturated heterocycles. The average Bonchev–Trinajstić information content (AvgIpc) is 2.36. The molecule has 1 amide bonds. The van der Waals surface area contributed by atoms with Crippen molar-refractivity contribution in [3.63, 3.8) is 0 Å². The lowest BCUT2D eigenvalue weighted by atomic mass is 9.74. The van der Waals surface area contributed by atoms with E-state index in [4.69, 9.17) is 5.73 Å². The van der Waals surface area contributed by atoms with E-state index in [2.05, 4.69) is 5.32 Å². The van der Waals surface area contributed by atoms with Gasteiger partial charge in [0.1, 0.15) is 11.6 Å². The lowest BCUT2D eigenvalue weighted by molar-refractivity contribution is -0.128. The number of amides is 1. The van der Waals surface area contributed by atoms with E-state index >= 15 is 0 Å². The fourth-order valence-electron chi connectivity index (χ4n) is 3.00. The first-order chi connectivity index (χ1) is 9.88. The number of carbonyl (C=O) groups excluding carboxylic acids is 1. The Morgan fingerprint density at radius 1 is 1.32 bits per heavy atom. The maximum absolute atomic E-state index is 13.1. The van der Waals surface area contributed by atoms with Gasteiger partial charge in [-0.2, -0.15) is 0 Å². The lowest BCUT2D eigenvalue weighted by Crippen LogP contribution is -2.53. The van der Waals surface area contributed by atoms with Gasteiger partial charge in [-0.15, -0.1) is 12.4 Å². The highest BCUT2D eigenvalue weighted by Crippen LogP contribution is 2.31. The molecule has 2 unspecified atom stereocenters. The first-order valence-electron chi connectivity index (χ1n) is 7.40. The standard InChI is InChI=1S/C16H22F2N2O.ClH/c1-16(19)6-3-2-4-14(16)15(21)20-7-5-11-8-12(17)10-13(18)9-11;/h8-10,14H,2-7,19H2,1H3,(H,20,21);1H. The molecule has 0 aromatic heterocycles. The molecule has 3 N–H and O–H groups in total. The van der Waals surface area contributed by atoms with Gasteiger partial charge in [-0.1, -0.05) is 12.8 Å². The maximum Gasteiger partial charge on any atom is 0.224 e. The number of nitrogens with one attached hydrogen (secondary N) is 1. The third-order valence-electron chi connectivity index (χ3n) is 4.21. The normalized spacial score (nSPS) is 24.5. The van der Waals surface area contributed by atoms with Gasteiger partial charge in [0.25, 0.3) is 0 Å². The Bertz CT molecular complexity index is 503. The maximum atomic E-state index is 13.1. The van der Waals surface area contributed by atoms with E-state index in [1.165, 1.54) is 12.1 Å². The summed E-state index contributed by atoms with van der Waals surface area (Å²) < 4.78 is 26.1. The van der Waals surface area contributed by atoms with E-state index in [9.17, 15) is 13.6 Å². The van der Waals surface area contributed by atoms with Gasteiger partial charge in [0.15, 0.2) is 0 Å². The van der Waals surface area contributed by atoms with Crippen LogP contribution in [0.3, 0.4) is 0 Å². The van der Waals surface area contributed by atoms with Crippen LogP contribution < -0.4 is 11.1 Å². The average molecular weight is 333 g/mol. The minimum absolute atomic E-state index is 0. The number of carbonyl (C=O) groups is 1. The molecular formula is C16H23ClF2N2O. The monoisotopic (exact) mass is 332 g/mol. The molecule has 3 nitrogen and oxygen atoms in total. The summed E-state index contributed by atoms with van der Waals surface area (Å²) >= 11 is 0. The van der Waals surface area contributed by atoms with E-state index in [1.54, 1.807) is 0 Å². The van der Waals surface area contributed by atoms with Crippen molar-refractivity contribution in [3.8, 4) is 0 Å². The van der Waals surface area contributed by atoms with Gasteiger partial charge in [-0.05, 0) is 43.9 Å². The summed E-state index contributed by atoms with van der Waals surface area (Å²) in [5.74, 6) is -1.44. The van der Waals surface area contributed by atoms with Crippen LogP contribution in [0, 0.1) is 17.6 Å². The molecule has 6 heteroatoms. The number of nitrogens with two attached hydrogens (primary N) is 1. The Morgan fingerprint density at radius 3 is 2.55 bits per heavy atom. The van der Waals surface area contributed by atoms with Crippen molar-refractivity contribution in [1.29, 1.82) is 0 Å². The number of rotatable bonds is 4. The number of hydrogen-bond acceptors (Lipinski definition) is 2. The smallest absolute Gasteiger partial charge is 0.224 e. The Kier molecular flexibility index (Phi) is 6.75. The van der Waals surface area contributed by atoms with Gasteiger partial charge in [0.05, 0.1) is 5.92 Å². The summed E-state index contributed by atoms with van der Waals surface area (Å²) in [4.78, 5) is 12.2. The summed E-state index contributed by atoms with van der Waals surface area (Å²) in [6, 6.07) is 3.40. The zero-order valence-electron chi connectivity index (χ0n) is 12.7. The van der Waals surface area contributed by atoms with Crippen LogP contribution in [0.25, 0.3) is 0 Å². The molecule has 0 heterocycles. The van der Waals surface area contributed by atoms with Gasteiger partial charge in [-0.25, -0.2) is 8.78 Å². The second-order valence-corrected chi connectivity index (χ2v) is 6.12. The van der Waals surface area contributed by atoms with E-state index in [0.717, 1.165) is 31.7 Å². The van der Waals surface area contributed by atoms with E-state index in [0.29, 0.717) is 18.5 Å². The molecule has 124 valence electrons. The van der Waals surface area contributed by atoms with Gasteiger partial charge in [0, 0.05) is 18.2 Å². The highest BCUT2D eigenvalue weighted by atomic mass is 35.5. The molecule has 2 atom stereocenters. The molecule has 0 radical (unpaired) electrons. The van der Waals surface area contributed by atoms with Crippen LogP contribution in [0.5, 0.6) is 0 Å². The fourth-order valence-corrected chi connectivity index (χ4v) is 3.00. The molecular weight excluding hydrogens is 310 g/mol. The van der Waals surface area contributed by atoms with E-state index in [1.807, 2.05) is 6.92 Å². The Morgan fingerprint density at radius 2 is 1.95 bits per heavy atom. The minimum Gasteiger partial charge on any atom is -0.355 e. The predicted molar refractivity (Wildman–Crippen MR) is 84.9 cm³/mol. The second-order valence-electron chi connectivity index (χ2n) is 6.12. The van der Waals surface area contributed by atoms with Crippen LogP contribution >= 0.6 is 12.4 Å². The molecule has 0 aliphatic heterocycles. The largest absolute Gasteiger partial charge is 0.355 e. The molecule has 1 aliphatic carbocycles. The number of benzene rings is 1. The molecule has 1 aromatic rings. The van der Waals surface area contributed by atoms with Crippen LogP contribution in [0.15, 0.2) is 18.2 Å². The molecule has 1 saturated carbocycles. The zero-order chi connectivity index (χ0) is 15.5. The molecule has 22 heavy (non-hydrogen) atoms. The van der Waals surface area contributed by atoms with Crippen LogP contribution in [0.2, 0.25) is 0 Å². The highest BCUT2D eigenvalue weighted by molar-refractivity contribution is 5.85. The molecule has 1 aliphatic rings. The summed E-state index contributed by atoms with van der Waals surface area (Å²) in [7, 11) is 0. The summed E-state index contributed by atoms with van der Waals surface area (Å²) in [6.07, 6.45) is 4.11. The first kappa shape index (κ1) is 18.8. The lowest BCUT2D eigenvalue weighted by Gasteiger charge is -2.37. The van der Waals surface area contributed by atoms with Crippen molar-refractivity contribution in [2.75, 3.05) is 6.54 Å². The topological polar surface area (TPSA) is 55.1 Å². The summed E-state index contributed by atoms with van der Waals surface area (Å²) in [5.41, 5.74) is 6.25. The molecule has 1 aromatic carbocycles. The van der Waals surface area contributed by atoms with Crippen LogP contribution in [0.4, 0.5) is 8.78 Å². The summed E-state index contributed by atoms with van der Waals surface area (Å²) in [5, 5.41) is 2.83. The first-order valence-corrected chi connectivity index (χ1v) is 7.40. The number of halogens is 3. The Hall–Kier alpha value is -1.20. The molecule has 1 fully saturated rings. The third-order valence-corrected chi connectivity index (χ3v) is 4.21. The SMILES string of the molecule is CC1(N)CCCCC1C(=O)NCCc1cc(F)cc(F)c1.Cl. The predicted octanol–water partition coefficient (Wildman–Crippen LogP) is 2.95. The quantitative estimate of drug-likeness (QED) is 0.890. The van der Waals surface area contributed by atoms with Crippen molar-refractivity contribution in [2.45, 2.75) is 44.6 Å².